The second-order valence-electron chi connectivity index (χ2n) is 5.39. The van der Waals surface area contributed by atoms with Gasteiger partial charge in [0.05, 0.1) is 13.2 Å². The van der Waals surface area contributed by atoms with E-state index >= 15 is 0 Å². The molecule has 2 aromatic carbocycles. The molecule has 0 unspecified atom stereocenters. The van der Waals surface area contributed by atoms with E-state index < -0.39 is 0 Å². The molecule has 0 fully saturated rings. The first kappa shape index (κ1) is 20.3. The lowest BCUT2D eigenvalue weighted by molar-refractivity contribution is 0.269. The van der Waals surface area contributed by atoms with Crippen LogP contribution in [-0.4, -0.2) is 24.9 Å². The SMILES string of the molecule is CCOc1cc(CNCCO)ccc1OCc1ccc(C)cc1.Cl. The van der Waals surface area contributed by atoms with E-state index in [2.05, 4.69) is 36.5 Å². The Balaban J connectivity index is 0.00000288. The number of ether oxygens (including phenoxy) is 2. The van der Waals surface area contributed by atoms with Gasteiger partial charge >= 0.3 is 0 Å². The van der Waals surface area contributed by atoms with Gasteiger partial charge in [-0.15, -0.1) is 12.4 Å². The van der Waals surface area contributed by atoms with Gasteiger partial charge in [-0.2, -0.15) is 0 Å². The van der Waals surface area contributed by atoms with Crippen LogP contribution in [0.4, 0.5) is 0 Å². The van der Waals surface area contributed by atoms with Gasteiger partial charge in [-0.25, -0.2) is 0 Å². The number of halogens is 1. The van der Waals surface area contributed by atoms with Gasteiger partial charge < -0.3 is 19.9 Å². The Morgan fingerprint density at radius 2 is 1.67 bits per heavy atom. The summed E-state index contributed by atoms with van der Waals surface area (Å²) >= 11 is 0. The lowest BCUT2D eigenvalue weighted by atomic mass is 10.1. The molecule has 2 rings (SSSR count). The van der Waals surface area contributed by atoms with E-state index in [0.29, 0.717) is 26.3 Å². The zero-order chi connectivity index (χ0) is 16.5. The fraction of sp³-hybridized carbons (Fsp3) is 0.368. The van der Waals surface area contributed by atoms with Gasteiger partial charge in [-0.1, -0.05) is 35.9 Å². The van der Waals surface area contributed by atoms with Crippen LogP contribution in [0.2, 0.25) is 0 Å². The molecule has 2 aromatic rings. The van der Waals surface area contributed by atoms with Gasteiger partial charge in [0.2, 0.25) is 0 Å². The largest absolute Gasteiger partial charge is 0.490 e. The minimum Gasteiger partial charge on any atom is -0.490 e. The van der Waals surface area contributed by atoms with Crippen LogP contribution in [0.1, 0.15) is 23.6 Å². The first-order valence-corrected chi connectivity index (χ1v) is 7.98. The average Bonchev–Trinajstić information content (AvgIpc) is 2.56. The summed E-state index contributed by atoms with van der Waals surface area (Å²) < 4.78 is 11.6. The van der Waals surface area contributed by atoms with E-state index in [4.69, 9.17) is 14.6 Å². The number of aryl methyl sites for hydroxylation is 1. The molecular formula is C19H26ClNO3. The third-order valence-electron chi connectivity index (χ3n) is 3.44. The van der Waals surface area contributed by atoms with E-state index in [1.807, 2.05) is 25.1 Å². The molecule has 0 saturated carbocycles. The zero-order valence-electron chi connectivity index (χ0n) is 14.2. The Labute approximate surface area is 150 Å². The molecule has 0 heterocycles. The predicted octanol–water partition coefficient (Wildman–Crippen LogP) is 3.48. The second-order valence-corrected chi connectivity index (χ2v) is 5.39. The summed E-state index contributed by atoms with van der Waals surface area (Å²) in [7, 11) is 0. The van der Waals surface area contributed by atoms with Crippen molar-refractivity contribution >= 4 is 12.4 Å². The lowest BCUT2D eigenvalue weighted by Gasteiger charge is -2.14. The number of hydrogen-bond acceptors (Lipinski definition) is 4. The van der Waals surface area contributed by atoms with Gasteiger partial charge in [0.1, 0.15) is 6.61 Å². The number of rotatable bonds is 9. The van der Waals surface area contributed by atoms with Crippen molar-refractivity contribution in [2.24, 2.45) is 0 Å². The highest BCUT2D eigenvalue weighted by molar-refractivity contribution is 5.85. The molecule has 5 heteroatoms. The zero-order valence-corrected chi connectivity index (χ0v) is 15.1. The van der Waals surface area contributed by atoms with Crippen molar-refractivity contribution in [3.63, 3.8) is 0 Å². The third-order valence-corrected chi connectivity index (χ3v) is 3.44. The maximum atomic E-state index is 8.82. The Kier molecular flexibility index (Phi) is 9.23. The van der Waals surface area contributed by atoms with Gasteiger partial charge in [-0.05, 0) is 37.1 Å². The summed E-state index contributed by atoms with van der Waals surface area (Å²) in [5, 5.41) is 12.0. The molecular weight excluding hydrogens is 326 g/mol. The molecule has 0 atom stereocenters. The summed E-state index contributed by atoms with van der Waals surface area (Å²) in [6.45, 7) is 6.54. The molecule has 0 amide bonds. The maximum absolute atomic E-state index is 8.82. The van der Waals surface area contributed by atoms with E-state index in [0.717, 1.165) is 22.6 Å². The Morgan fingerprint density at radius 3 is 2.33 bits per heavy atom. The quantitative estimate of drug-likeness (QED) is 0.679. The molecule has 0 radical (unpaired) electrons. The standard InChI is InChI=1S/C19H25NO3.ClH/c1-3-22-19-12-17(13-20-10-11-21)8-9-18(19)23-14-16-6-4-15(2)5-7-16;/h4-9,12,20-21H,3,10-11,13-14H2,1-2H3;1H. The maximum Gasteiger partial charge on any atom is 0.161 e. The van der Waals surface area contributed by atoms with E-state index in [-0.39, 0.29) is 19.0 Å². The van der Waals surface area contributed by atoms with E-state index in [1.165, 1.54) is 5.56 Å². The van der Waals surface area contributed by atoms with Crippen molar-refractivity contribution in [2.45, 2.75) is 27.0 Å². The van der Waals surface area contributed by atoms with E-state index in [1.54, 1.807) is 0 Å². The molecule has 0 aromatic heterocycles. The van der Waals surface area contributed by atoms with Crippen LogP contribution < -0.4 is 14.8 Å². The third kappa shape index (κ3) is 6.40. The highest BCUT2D eigenvalue weighted by atomic mass is 35.5. The molecule has 24 heavy (non-hydrogen) atoms. The number of hydrogen-bond donors (Lipinski definition) is 2. The topological polar surface area (TPSA) is 50.7 Å². The fourth-order valence-corrected chi connectivity index (χ4v) is 2.21. The predicted molar refractivity (Wildman–Crippen MR) is 99.2 cm³/mol. The molecule has 4 nitrogen and oxygen atoms in total. The molecule has 0 aliphatic carbocycles. The normalized spacial score (nSPS) is 10.1. The molecule has 2 N–H and O–H groups in total. The van der Waals surface area contributed by atoms with Gasteiger partial charge in [0.15, 0.2) is 11.5 Å². The number of aliphatic hydroxyl groups excluding tert-OH is 1. The van der Waals surface area contributed by atoms with Gasteiger partial charge in [0.25, 0.3) is 0 Å². The van der Waals surface area contributed by atoms with E-state index in [9.17, 15) is 0 Å². The van der Waals surface area contributed by atoms with Crippen LogP contribution in [0.15, 0.2) is 42.5 Å². The molecule has 0 aliphatic heterocycles. The summed E-state index contributed by atoms with van der Waals surface area (Å²) in [6, 6.07) is 14.2. The van der Waals surface area contributed by atoms with Crippen molar-refractivity contribution in [3.8, 4) is 11.5 Å². The molecule has 0 saturated heterocycles. The Hall–Kier alpha value is -1.75. The summed E-state index contributed by atoms with van der Waals surface area (Å²) in [5.74, 6) is 1.50. The van der Waals surface area contributed by atoms with Crippen molar-refractivity contribution in [1.29, 1.82) is 0 Å². The Morgan fingerprint density at radius 1 is 0.958 bits per heavy atom. The summed E-state index contributed by atoms with van der Waals surface area (Å²) in [6.07, 6.45) is 0. The first-order valence-electron chi connectivity index (χ1n) is 7.98. The van der Waals surface area contributed by atoms with Crippen LogP contribution in [0.25, 0.3) is 0 Å². The van der Waals surface area contributed by atoms with Gasteiger partial charge in [-0.3, -0.25) is 0 Å². The average molecular weight is 352 g/mol. The molecule has 132 valence electrons. The minimum absolute atomic E-state index is 0. The van der Waals surface area contributed by atoms with Crippen molar-refractivity contribution in [3.05, 3.63) is 59.2 Å². The van der Waals surface area contributed by atoms with Crippen LogP contribution in [0.5, 0.6) is 11.5 Å². The lowest BCUT2D eigenvalue weighted by Crippen LogP contribution is -2.17. The van der Waals surface area contributed by atoms with Crippen molar-refractivity contribution < 1.29 is 14.6 Å². The number of aliphatic hydroxyl groups is 1. The molecule has 0 aliphatic rings. The molecule has 0 bridgehead atoms. The summed E-state index contributed by atoms with van der Waals surface area (Å²) in [4.78, 5) is 0. The highest BCUT2D eigenvalue weighted by Crippen LogP contribution is 2.29. The smallest absolute Gasteiger partial charge is 0.161 e. The van der Waals surface area contributed by atoms with Gasteiger partial charge in [0, 0.05) is 13.1 Å². The minimum atomic E-state index is 0. The Bertz CT molecular complexity index is 602. The van der Waals surface area contributed by atoms with Crippen LogP contribution in [-0.2, 0) is 13.2 Å². The van der Waals surface area contributed by atoms with Crippen molar-refractivity contribution in [2.75, 3.05) is 19.8 Å². The highest BCUT2D eigenvalue weighted by Gasteiger charge is 2.07. The summed E-state index contributed by atoms with van der Waals surface area (Å²) in [5.41, 5.74) is 3.47. The second kappa shape index (κ2) is 10.9. The first-order chi connectivity index (χ1) is 11.2. The van der Waals surface area contributed by atoms with Crippen LogP contribution in [0, 0.1) is 6.92 Å². The van der Waals surface area contributed by atoms with Crippen LogP contribution >= 0.6 is 12.4 Å². The fourth-order valence-electron chi connectivity index (χ4n) is 2.21. The van der Waals surface area contributed by atoms with Crippen LogP contribution in [0.3, 0.4) is 0 Å². The number of benzene rings is 2. The van der Waals surface area contributed by atoms with Crippen molar-refractivity contribution in [1.82, 2.24) is 5.32 Å². The number of nitrogens with one attached hydrogen (secondary N) is 1. The molecule has 0 spiro atoms. The monoisotopic (exact) mass is 351 g/mol.